The van der Waals surface area contributed by atoms with Gasteiger partial charge in [-0.2, -0.15) is 0 Å². The summed E-state index contributed by atoms with van der Waals surface area (Å²) in [4.78, 5) is 0. The van der Waals surface area contributed by atoms with E-state index in [1.54, 1.807) is 6.07 Å². The molecule has 1 aromatic carbocycles. The molecule has 0 atom stereocenters. The second kappa shape index (κ2) is 2.74. The fourth-order valence-corrected chi connectivity index (χ4v) is 2.82. The summed E-state index contributed by atoms with van der Waals surface area (Å²) in [6.07, 6.45) is 4.03. The van der Waals surface area contributed by atoms with E-state index in [4.69, 9.17) is 17.3 Å². The van der Waals surface area contributed by atoms with E-state index in [1.165, 1.54) is 0 Å². The van der Waals surface area contributed by atoms with Crippen LogP contribution in [0.15, 0.2) is 18.2 Å². The Hall–Kier alpha value is -0.600. The van der Waals surface area contributed by atoms with Crippen LogP contribution in [-0.4, -0.2) is 5.54 Å². The van der Waals surface area contributed by atoms with Gasteiger partial charge >= 0.3 is 0 Å². The third kappa shape index (κ3) is 1.18. The molecule has 15 heavy (non-hydrogen) atoms. The van der Waals surface area contributed by atoms with Gasteiger partial charge in [0.2, 0.25) is 0 Å². The fraction of sp³-hybridized carbons (Fsp3) is 0.500. The summed E-state index contributed by atoms with van der Waals surface area (Å²) in [5, 5.41) is 0.211. The minimum Gasteiger partial charge on any atom is -0.324 e. The molecule has 0 spiro atoms. The van der Waals surface area contributed by atoms with E-state index >= 15 is 0 Å². The highest BCUT2D eigenvalue weighted by Crippen LogP contribution is 2.64. The molecule has 0 aliphatic heterocycles. The lowest BCUT2D eigenvalue weighted by molar-refractivity contribution is 0.474. The van der Waals surface area contributed by atoms with Crippen LogP contribution in [0.3, 0.4) is 0 Å². The van der Waals surface area contributed by atoms with Gasteiger partial charge in [-0.25, -0.2) is 4.39 Å². The maximum Gasteiger partial charge on any atom is 0.145 e. The van der Waals surface area contributed by atoms with Crippen LogP contribution < -0.4 is 5.73 Å². The van der Waals surface area contributed by atoms with Crippen molar-refractivity contribution < 1.29 is 4.39 Å². The molecule has 3 rings (SSSR count). The Labute approximate surface area is 93.4 Å². The maximum absolute atomic E-state index is 13.9. The first-order valence-corrected chi connectivity index (χ1v) is 5.70. The van der Waals surface area contributed by atoms with Crippen LogP contribution in [-0.2, 0) is 5.41 Å². The summed E-state index contributed by atoms with van der Waals surface area (Å²) in [6.45, 7) is 0. The van der Waals surface area contributed by atoms with Crippen molar-refractivity contribution in [3.63, 3.8) is 0 Å². The standard InChI is InChI=1S/C12H13ClFN/c13-9-3-1-2-8(10(9)14)11(4-5-11)12(15)6-7-12/h1-3H,4-7,15H2. The zero-order valence-electron chi connectivity index (χ0n) is 8.39. The number of hydrogen-bond donors (Lipinski definition) is 1. The first-order valence-electron chi connectivity index (χ1n) is 5.32. The zero-order valence-corrected chi connectivity index (χ0v) is 9.15. The fourth-order valence-electron chi connectivity index (χ4n) is 2.65. The van der Waals surface area contributed by atoms with Gasteiger partial charge in [0.1, 0.15) is 5.82 Å². The lowest BCUT2D eigenvalue weighted by Crippen LogP contribution is -2.37. The van der Waals surface area contributed by atoms with Crippen molar-refractivity contribution in [3.8, 4) is 0 Å². The van der Waals surface area contributed by atoms with Gasteiger partial charge in [0.05, 0.1) is 5.02 Å². The van der Waals surface area contributed by atoms with Crippen LogP contribution >= 0.6 is 11.6 Å². The molecule has 1 aromatic rings. The topological polar surface area (TPSA) is 26.0 Å². The third-order valence-corrected chi connectivity index (χ3v) is 4.25. The molecule has 0 heterocycles. The largest absolute Gasteiger partial charge is 0.324 e. The van der Waals surface area contributed by atoms with Crippen molar-refractivity contribution in [2.24, 2.45) is 5.73 Å². The van der Waals surface area contributed by atoms with Crippen molar-refractivity contribution in [2.45, 2.75) is 36.6 Å². The smallest absolute Gasteiger partial charge is 0.145 e. The van der Waals surface area contributed by atoms with Crippen LogP contribution in [0.4, 0.5) is 4.39 Å². The molecule has 80 valence electrons. The van der Waals surface area contributed by atoms with E-state index in [1.807, 2.05) is 12.1 Å². The van der Waals surface area contributed by atoms with E-state index in [9.17, 15) is 4.39 Å². The Kier molecular flexibility index (Phi) is 1.76. The maximum atomic E-state index is 13.9. The van der Waals surface area contributed by atoms with E-state index in [-0.39, 0.29) is 21.8 Å². The molecule has 2 aliphatic rings. The molecule has 2 N–H and O–H groups in total. The van der Waals surface area contributed by atoms with Crippen molar-refractivity contribution in [1.82, 2.24) is 0 Å². The number of rotatable bonds is 2. The molecule has 0 bridgehead atoms. The number of nitrogens with two attached hydrogens (primary N) is 1. The summed E-state index contributed by atoms with van der Waals surface area (Å²) >= 11 is 5.80. The molecule has 2 fully saturated rings. The normalized spacial score (nSPS) is 25.0. The summed E-state index contributed by atoms with van der Waals surface area (Å²) < 4.78 is 13.9. The average molecular weight is 226 g/mol. The Morgan fingerprint density at radius 2 is 1.87 bits per heavy atom. The minimum atomic E-state index is -0.270. The van der Waals surface area contributed by atoms with Crippen molar-refractivity contribution in [1.29, 1.82) is 0 Å². The van der Waals surface area contributed by atoms with Gasteiger partial charge in [0.25, 0.3) is 0 Å². The Bertz CT molecular complexity index is 422. The van der Waals surface area contributed by atoms with Gasteiger partial charge in [-0.15, -0.1) is 0 Å². The molecule has 1 nitrogen and oxygen atoms in total. The predicted octanol–water partition coefficient (Wildman–Crippen LogP) is 3.00. The van der Waals surface area contributed by atoms with Gasteiger partial charge in [-0.1, -0.05) is 23.7 Å². The minimum absolute atomic E-state index is 0.109. The molecule has 2 aliphatic carbocycles. The summed E-state index contributed by atoms with van der Waals surface area (Å²) in [5.74, 6) is -0.270. The molecule has 0 aromatic heterocycles. The summed E-state index contributed by atoms with van der Waals surface area (Å²) in [6, 6.07) is 5.24. The van der Waals surface area contributed by atoms with Crippen LogP contribution in [0, 0.1) is 5.82 Å². The van der Waals surface area contributed by atoms with Gasteiger partial charge in [-0.3, -0.25) is 0 Å². The van der Waals surface area contributed by atoms with Crippen molar-refractivity contribution in [3.05, 3.63) is 34.6 Å². The zero-order chi connectivity index (χ0) is 10.7. The van der Waals surface area contributed by atoms with Gasteiger partial charge in [0, 0.05) is 11.0 Å². The molecule has 3 heteroatoms. The SMILES string of the molecule is NC1(C2(c3cccc(Cl)c3F)CC2)CC1. The van der Waals surface area contributed by atoms with Crippen molar-refractivity contribution >= 4 is 11.6 Å². The van der Waals surface area contributed by atoms with Crippen LogP contribution in [0.1, 0.15) is 31.2 Å². The second-order valence-electron chi connectivity index (χ2n) is 4.84. The Morgan fingerprint density at radius 1 is 1.20 bits per heavy atom. The lowest BCUT2D eigenvalue weighted by Gasteiger charge is -2.24. The molecular weight excluding hydrogens is 213 g/mol. The monoisotopic (exact) mass is 225 g/mol. The molecule has 2 saturated carbocycles. The van der Waals surface area contributed by atoms with Gasteiger partial charge in [-0.05, 0) is 37.3 Å². The van der Waals surface area contributed by atoms with E-state index < -0.39 is 0 Å². The predicted molar refractivity (Wildman–Crippen MR) is 58.5 cm³/mol. The molecular formula is C12H13ClFN. The second-order valence-corrected chi connectivity index (χ2v) is 5.25. The Morgan fingerprint density at radius 3 is 2.40 bits per heavy atom. The van der Waals surface area contributed by atoms with Gasteiger partial charge in [0.15, 0.2) is 0 Å². The summed E-state index contributed by atoms with van der Waals surface area (Å²) in [5.41, 5.74) is 6.70. The Balaban J connectivity index is 2.10. The van der Waals surface area contributed by atoms with Gasteiger partial charge < -0.3 is 5.73 Å². The van der Waals surface area contributed by atoms with E-state index in [0.717, 1.165) is 31.2 Å². The lowest BCUT2D eigenvalue weighted by atomic mass is 9.86. The molecule has 0 saturated heterocycles. The molecule has 0 amide bonds. The van der Waals surface area contributed by atoms with Crippen LogP contribution in [0.2, 0.25) is 5.02 Å². The highest BCUT2D eigenvalue weighted by atomic mass is 35.5. The average Bonchev–Trinajstić information content (AvgIpc) is 3.06. The van der Waals surface area contributed by atoms with Crippen molar-refractivity contribution in [2.75, 3.05) is 0 Å². The highest BCUT2D eigenvalue weighted by Gasteiger charge is 2.64. The first kappa shape index (κ1) is 9.61. The van der Waals surface area contributed by atoms with E-state index in [2.05, 4.69) is 0 Å². The number of halogens is 2. The molecule has 0 radical (unpaired) electrons. The van der Waals surface area contributed by atoms with E-state index in [0.29, 0.717) is 0 Å². The first-order chi connectivity index (χ1) is 7.09. The number of hydrogen-bond acceptors (Lipinski definition) is 1. The quantitative estimate of drug-likeness (QED) is 0.823. The highest BCUT2D eigenvalue weighted by molar-refractivity contribution is 6.30. The third-order valence-electron chi connectivity index (χ3n) is 3.96. The number of benzene rings is 1. The van der Waals surface area contributed by atoms with Crippen LogP contribution in [0.25, 0.3) is 0 Å². The summed E-state index contributed by atoms with van der Waals surface area (Å²) in [7, 11) is 0. The molecule has 0 unspecified atom stereocenters. The van der Waals surface area contributed by atoms with Crippen LogP contribution in [0.5, 0.6) is 0 Å².